The number of nitrogens with two attached hydrogens (primary N) is 10. The van der Waals surface area contributed by atoms with Gasteiger partial charge in [-0.2, -0.15) is 25.5 Å². The predicted molar refractivity (Wildman–Crippen MR) is 289 cm³/mol. The lowest BCUT2D eigenvalue weighted by molar-refractivity contribution is 0.509. The Balaban J connectivity index is 0.000000456. The monoisotopic (exact) mass is 1170 g/mol. The predicted octanol–water partition coefficient (Wildman–Crippen LogP) is 7.39. The van der Waals surface area contributed by atoms with Crippen molar-refractivity contribution in [2.45, 2.75) is 0 Å². The molecule has 33 heteroatoms. The van der Waals surface area contributed by atoms with Gasteiger partial charge in [0.05, 0.1) is 61.2 Å². The van der Waals surface area contributed by atoms with Crippen LogP contribution in [0.25, 0.3) is 0 Å². The zero-order valence-electron chi connectivity index (χ0n) is 36.5. The van der Waals surface area contributed by atoms with Crippen LogP contribution in [-0.4, -0.2) is 60.9 Å². The number of benzene rings is 5. The first-order valence-electron chi connectivity index (χ1n) is 18.7. The summed E-state index contributed by atoms with van der Waals surface area (Å²) >= 11 is 45.7. The molecule has 0 bridgehead atoms. The fourth-order valence-corrected chi connectivity index (χ4v) is 5.51. The normalized spacial score (nSPS) is 10.5. The van der Waals surface area contributed by atoms with E-state index in [1.807, 2.05) is 0 Å². The number of hydrogen-bond donors (Lipinski definition) is 10. The van der Waals surface area contributed by atoms with E-state index in [1.54, 1.807) is 36.4 Å². The summed E-state index contributed by atoms with van der Waals surface area (Å²) < 4.78 is 64.4. The Bertz CT molecular complexity index is 2940. The van der Waals surface area contributed by atoms with Crippen molar-refractivity contribution >= 4 is 154 Å². The largest absolute Gasteiger partial charge is 0.369 e. The van der Waals surface area contributed by atoms with Crippen molar-refractivity contribution in [2.75, 3.05) is 0 Å². The van der Waals surface area contributed by atoms with E-state index in [4.69, 9.17) is 150 Å². The molecule has 0 fully saturated rings. The van der Waals surface area contributed by atoms with Crippen LogP contribution in [0.4, 0.5) is 22.0 Å². The zero-order chi connectivity index (χ0) is 55.4. The molecule has 0 amide bonds. The smallest absolute Gasteiger partial charge is 0.211 e. The van der Waals surface area contributed by atoms with E-state index in [-0.39, 0.29) is 61.6 Å². The molecule has 0 aliphatic heterocycles. The molecular weight excluding hydrogens is 1140 g/mol. The maximum Gasteiger partial charge on any atom is 0.211 e. The summed E-state index contributed by atoms with van der Waals surface area (Å²) in [5.41, 5.74) is 51.9. The van der Waals surface area contributed by atoms with E-state index >= 15 is 0 Å². The molecule has 0 aromatic heterocycles. The minimum absolute atomic E-state index is 0.0265. The number of guanidine groups is 5. The molecule has 0 aliphatic carbocycles. The first-order chi connectivity index (χ1) is 34.2. The molecule has 0 unspecified atom stereocenters. The third-order valence-electron chi connectivity index (χ3n) is 6.95. The minimum Gasteiger partial charge on any atom is -0.369 e. The number of halogens is 13. The number of rotatable bonds is 10. The second kappa shape index (κ2) is 33.4. The van der Waals surface area contributed by atoms with Gasteiger partial charge in [-0.25, -0.2) is 22.0 Å². The third-order valence-corrected chi connectivity index (χ3v) is 9.75. The molecule has 0 spiro atoms. The first-order valence-corrected chi connectivity index (χ1v) is 21.7. The maximum atomic E-state index is 13.2. The van der Waals surface area contributed by atoms with Gasteiger partial charge in [-0.1, -0.05) is 105 Å². The van der Waals surface area contributed by atoms with Gasteiger partial charge in [0.25, 0.3) is 0 Å². The molecular formula is C40H37Cl8F5N20. The molecule has 0 saturated carbocycles. The summed E-state index contributed by atoms with van der Waals surface area (Å²) in [5.74, 6) is -5.31. The van der Waals surface area contributed by atoms with E-state index in [2.05, 4.69) is 51.0 Å². The van der Waals surface area contributed by atoms with Gasteiger partial charge in [0.15, 0.2) is 17.5 Å². The molecule has 5 aromatic rings. The minimum atomic E-state index is -1.13. The van der Waals surface area contributed by atoms with E-state index in [0.29, 0.717) is 42.3 Å². The topological polar surface area (TPSA) is 384 Å². The maximum absolute atomic E-state index is 13.2. The van der Waals surface area contributed by atoms with Gasteiger partial charge < -0.3 is 57.3 Å². The standard InChI is InChI=1S/C8H7Cl3N4.C8H8Cl2N4.2C8H7ClF2N4.C8H8ClFN4/c9-5-1-2-6(10)7(11)4(5)3-14-15-8(12)13;9-6-1-2-7(10)5(3-6)4-13-14-8(11)12;9-7-4(3-14-15-8(12)13)1-5(10)2-6(7)11;9-6-4(3-14-15-8(12)13)1-2-5(10)7(6)11;9-6-3-1-2-5(7(6)10)4-13-14-8(11)12/h1-3H,(H4,12,13,15);1-4H,(H4,11,12,14);2*1-3H,(H4,12,13,15);1-4H,(H4,11,12,14)/b14-3+;13-4+;2*14-3+;13-4+. The number of hydrogen-bond acceptors (Lipinski definition) is 10. The Hall–Kier alpha value is -7.23. The molecule has 73 heavy (non-hydrogen) atoms. The summed E-state index contributed by atoms with van der Waals surface area (Å²) in [6, 6.07) is 16.6. The van der Waals surface area contributed by atoms with Crippen LogP contribution in [-0.2, 0) is 0 Å². The fraction of sp³-hybridized carbons (Fsp3) is 0. The fourth-order valence-electron chi connectivity index (χ4n) is 3.99. The molecule has 20 N–H and O–H groups in total. The highest BCUT2D eigenvalue weighted by Gasteiger charge is 2.11. The average molecular weight is 1180 g/mol. The molecule has 0 aliphatic rings. The van der Waals surface area contributed by atoms with Crippen molar-refractivity contribution in [3.8, 4) is 0 Å². The summed E-state index contributed by atoms with van der Waals surface area (Å²) in [7, 11) is 0. The Morgan fingerprint density at radius 1 is 0.356 bits per heavy atom. The second-order valence-corrected chi connectivity index (χ2v) is 15.7. The lowest BCUT2D eigenvalue weighted by Gasteiger charge is -2.01. The molecule has 0 saturated heterocycles. The van der Waals surface area contributed by atoms with E-state index in [1.165, 1.54) is 36.8 Å². The Morgan fingerprint density at radius 3 is 1.33 bits per heavy atom. The van der Waals surface area contributed by atoms with Crippen molar-refractivity contribution in [3.63, 3.8) is 0 Å². The van der Waals surface area contributed by atoms with Crippen LogP contribution in [0, 0.1) is 29.1 Å². The van der Waals surface area contributed by atoms with Gasteiger partial charge in [0, 0.05) is 43.9 Å². The SMILES string of the molecule is NC(N)=N/N=C/c1c(Cl)ccc(Cl)c1Cl.NC(N)=N/N=C/c1cc(Cl)ccc1Cl.NC(N)=N/N=C/c1cc(F)cc(F)c1Cl.NC(N)=N/N=C/c1ccc(F)c(F)c1Cl.NC(N)=N/N=C/c1cccc(Cl)c1F. The van der Waals surface area contributed by atoms with Gasteiger partial charge in [0.2, 0.25) is 29.8 Å². The van der Waals surface area contributed by atoms with E-state index in [9.17, 15) is 22.0 Å². The Kier molecular flexibility index (Phi) is 29.2. The third kappa shape index (κ3) is 25.6. The van der Waals surface area contributed by atoms with Gasteiger partial charge in [0.1, 0.15) is 11.6 Å². The Labute approximate surface area is 451 Å². The lowest BCUT2D eigenvalue weighted by Crippen LogP contribution is -2.21. The van der Waals surface area contributed by atoms with Crippen LogP contribution >= 0.6 is 92.8 Å². The van der Waals surface area contributed by atoms with E-state index < -0.39 is 29.1 Å². The highest BCUT2D eigenvalue weighted by atomic mass is 35.5. The summed E-state index contributed by atoms with van der Waals surface area (Å²) in [6.07, 6.45) is 6.10. The van der Waals surface area contributed by atoms with Crippen molar-refractivity contribution in [3.05, 3.63) is 170 Å². The van der Waals surface area contributed by atoms with Crippen LogP contribution in [0.5, 0.6) is 0 Å². The summed E-state index contributed by atoms with van der Waals surface area (Å²) in [5, 5.41) is 35.8. The molecule has 20 nitrogen and oxygen atoms in total. The lowest BCUT2D eigenvalue weighted by atomic mass is 10.2. The van der Waals surface area contributed by atoms with Crippen LogP contribution in [0.15, 0.2) is 124 Å². The van der Waals surface area contributed by atoms with Gasteiger partial charge in [-0.05, 0) is 54.6 Å². The summed E-state index contributed by atoms with van der Waals surface area (Å²) in [6.45, 7) is 0. The average Bonchev–Trinajstić information content (AvgIpc) is 3.30. The van der Waals surface area contributed by atoms with E-state index in [0.717, 1.165) is 24.6 Å². The van der Waals surface area contributed by atoms with Gasteiger partial charge in [-0.3, -0.25) is 0 Å². The zero-order valence-corrected chi connectivity index (χ0v) is 42.5. The Morgan fingerprint density at radius 2 is 0.808 bits per heavy atom. The molecule has 5 aromatic carbocycles. The first kappa shape index (κ1) is 63.8. The van der Waals surface area contributed by atoms with Crippen LogP contribution in [0.3, 0.4) is 0 Å². The highest BCUT2D eigenvalue weighted by molar-refractivity contribution is 6.45. The molecule has 0 radical (unpaired) electrons. The van der Waals surface area contributed by atoms with Crippen LogP contribution in [0.1, 0.15) is 27.8 Å². The molecule has 388 valence electrons. The summed E-state index contributed by atoms with van der Waals surface area (Å²) in [4.78, 5) is 0. The van der Waals surface area contributed by atoms with Crippen LogP contribution < -0.4 is 57.3 Å². The van der Waals surface area contributed by atoms with Crippen molar-refractivity contribution in [1.82, 2.24) is 0 Å². The molecule has 0 heterocycles. The van der Waals surface area contributed by atoms with Gasteiger partial charge in [-0.15, -0.1) is 25.5 Å². The second-order valence-electron chi connectivity index (χ2n) is 12.5. The van der Waals surface area contributed by atoms with Crippen LogP contribution in [0.2, 0.25) is 40.2 Å². The van der Waals surface area contributed by atoms with Crippen molar-refractivity contribution in [1.29, 1.82) is 0 Å². The van der Waals surface area contributed by atoms with Crippen molar-refractivity contribution < 1.29 is 22.0 Å². The van der Waals surface area contributed by atoms with Crippen molar-refractivity contribution in [2.24, 2.45) is 108 Å². The molecule has 5 rings (SSSR count). The highest BCUT2D eigenvalue weighted by Crippen LogP contribution is 2.30. The van der Waals surface area contributed by atoms with Gasteiger partial charge >= 0.3 is 0 Å². The number of nitrogens with zero attached hydrogens (tertiary/aromatic N) is 10. The quantitative estimate of drug-likeness (QED) is 0.0165. The molecule has 0 atom stereocenters.